The van der Waals surface area contributed by atoms with Crippen molar-refractivity contribution in [2.45, 2.75) is 32.6 Å². The van der Waals surface area contributed by atoms with Gasteiger partial charge in [-0.25, -0.2) is 4.98 Å². The molecule has 0 spiro atoms. The van der Waals surface area contributed by atoms with E-state index >= 15 is 0 Å². The number of nitrogens with zero attached hydrogens (tertiary/aromatic N) is 4. The maximum Gasteiger partial charge on any atom is 0.310 e. The molecule has 1 aromatic carbocycles. The number of anilines is 3. The van der Waals surface area contributed by atoms with E-state index in [-0.39, 0.29) is 17.8 Å². The monoisotopic (exact) mass is 544 g/mol. The molecule has 35 heavy (non-hydrogen) atoms. The summed E-state index contributed by atoms with van der Waals surface area (Å²) >= 11 is 3.55. The number of piperidine rings is 2. The van der Waals surface area contributed by atoms with Gasteiger partial charge >= 0.3 is 5.97 Å². The first kappa shape index (κ1) is 25.4. The van der Waals surface area contributed by atoms with Gasteiger partial charge < -0.3 is 25.6 Å². The number of carbonyl (C=O) groups excluding carboxylic acids is 2. The Hall–Kier alpha value is -2.72. The van der Waals surface area contributed by atoms with Crippen LogP contribution in [0, 0.1) is 18.8 Å². The standard InChI is InChI=1S/C25H33BrN6O3/c1-16-12-22(30-25(28-16)32-9-3-4-18(15-32)24(34)35-2)29-23(33)20-6-5-19(26)13-21(20)31-10-7-17(14-27)8-11-31/h5-6,12-13,17-18H,3-4,7-11,14-15,27H2,1-2H3,(H,28,29,30,33). The van der Waals surface area contributed by atoms with Gasteiger partial charge in [-0.15, -0.1) is 0 Å². The number of hydrogen-bond acceptors (Lipinski definition) is 8. The molecule has 0 aliphatic carbocycles. The van der Waals surface area contributed by atoms with Crippen molar-refractivity contribution in [1.82, 2.24) is 9.97 Å². The lowest BCUT2D eigenvalue weighted by Crippen LogP contribution is -2.40. The first-order valence-electron chi connectivity index (χ1n) is 12.1. The summed E-state index contributed by atoms with van der Waals surface area (Å²) < 4.78 is 5.85. The van der Waals surface area contributed by atoms with Crippen molar-refractivity contribution in [1.29, 1.82) is 0 Å². The fourth-order valence-corrected chi connectivity index (χ4v) is 5.18. The number of aryl methyl sites for hydroxylation is 1. The molecular formula is C25H33BrN6O3. The van der Waals surface area contributed by atoms with Gasteiger partial charge in [-0.1, -0.05) is 15.9 Å². The van der Waals surface area contributed by atoms with Gasteiger partial charge in [0.05, 0.1) is 24.3 Å². The van der Waals surface area contributed by atoms with Crippen LogP contribution >= 0.6 is 15.9 Å². The van der Waals surface area contributed by atoms with E-state index in [9.17, 15) is 9.59 Å². The minimum absolute atomic E-state index is 0.204. The number of rotatable bonds is 6. The number of amides is 1. The van der Waals surface area contributed by atoms with E-state index < -0.39 is 0 Å². The minimum atomic E-state index is -0.219. The van der Waals surface area contributed by atoms with E-state index in [4.69, 9.17) is 10.5 Å². The summed E-state index contributed by atoms with van der Waals surface area (Å²) in [5.74, 6) is 0.844. The molecule has 2 fully saturated rings. The van der Waals surface area contributed by atoms with Crippen molar-refractivity contribution >= 4 is 45.3 Å². The van der Waals surface area contributed by atoms with Crippen LogP contribution in [-0.2, 0) is 9.53 Å². The Labute approximate surface area is 214 Å². The third-order valence-electron chi connectivity index (χ3n) is 6.82. The summed E-state index contributed by atoms with van der Waals surface area (Å²) in [6, 6.07) is 7.47. The summed E-state index contributed by atoms with van der Waals surface area (Å²) in [7, 11) is 1.41. The van der Waals surface area contributed by atoms with Gasteiger partial charge in [0.2, 0.25) is 5.95 Å². The van der Waals surface area contributed by atoms with Gasteiger partial charge in [-0.2, -0.15) is 4.98 Å². The van der Waals surface area contributed by atoms with Crippen LogP contribution in [0.1, 0.15) is 41.7 Å². The zero-order valence-electron chi connectivity index (χ0n) is 20.3. The number of aromatic nitrogens is 2. The molecule has 10 heteroatoms. The van der Waals surface area contributed by atoms with E-state index in [1.807, 2.05) is 30.0 Å². The Morgan fingerprint density at radius 2 is 1.91 bits per heavy atom. The van der Waals surface area contributed by atoms with Crippen LogP contribution in [0.3, 0.4) is 0 Å². The molecule has 0 bridgehead atoms. The van der Waals surface area contributed by atoms with Crippen LogP contribution in [-0.4, -0.2) is 61.7 Å². The number of nitrogens with one attached hydrogen (secondary N) is 1. The molecule has 4 rings (SSSR count). The van der Waals surface area contributed by atoms with Crippen LogP contribution in [0.2, 0.25) is 0 Å². The second kappa shape index (κ2) is 11.3. The molecule has 2 aromatic rings. The average molecular weight is 545 g/mol. The van der Waals surface area contributed by atoms with Crippen molar-refractivity contribution in [3.63, 3.8) is 0 Å². The first-order valence-corrected chi connectivity index (χ1v) is 12.9. The molecular weight excluding hydrogens is 512 g/mol. The van der Waals surface area contributed by atoms with Crippen LogP contribution in [0.5, 0.6) is 0 Å². The highest BCUT2D eigenvalue weighted by molar-refractivity contribution is 9.10. The molecule has 3 heterocycles. The smallest absolute Gasteiger partial charge is 0.310 e. The lowest BCUT2D eigenvalue weighted by Gasteiger charge is -2.34. The fourth-order valence-electron chi connectivity index (χ4n) is 4.83. The molecule has 3 N–H and O–H groups in total. The van der Waals surface area contributed by atoms with Crippen molar-refractivity contribution in [2.24, 2.45) is 17.6 Å². The molecule has 0 radical (unpaired) electrons. The summed E-state index contributed by atoms with van der Waals surface area (Å²) in [6.45, 7) is 5.55. The third-order valence-corrected chi connectivity index (χ3v) is 7.31. The third kappa shape index (κ3) is 6.10. The van der Waals surface area contributed by atoms with Crippen molar-refractivity contribution in [2.75, 3.05) is 55.0 Å². The number of methoxy groups -OCH3 is 1. The number of esters is 1. The van der Waals surface area contributed by atoms with Crippen LogP contribution < -0.4 is 20.9 Å². The summed E-state index contributed by atoms with van der Waals surface area (Å²) in [5.41, 5.74) is 8.09. The van der Waals surface area contributed by atoms with Gasteiger partial charge in [-0.3, -0.25) is 9.59 Å². The van der Waals surface area contributed by atoms with Crippen LogP contribution in [0.15, 0.2) is 28.7 Å². The Morgan fingerprint density at radius 1 is 1.14 bits per heavy atom. The van der Waals surface area contributed by atoms with Crippen LogP contribution in [0.25, 0.3) is 0 Å². The summed E-state index contributed by atoms with van der Waals surface area (Å²) in [6.07, 6.45) is 3.66. The Balaban J connectivity index is 1.53. The van der Waals surface area contributed by atoms with Gasteiger partial charge in [0.15, 0.2) is 0 Å². The Kier molecular flexibility index (Phi) is 8.22. The van der Waals surface area contributed by atoms with Crippen molar-refractivity contribution in [3.8, 4) is 0 Å². The second-order valence-electron chi connectivity index (χ2n) is 9.28. The molecule has 2 saturated heterocycles. The molecule has 2 aliphatic heterocycles. The fraction of sp³-hybridized carbons (Fsp3) is 0.520. The van der Waals surface area contributed by atoms with Crippen molar-refractivity contribution < 1.29 is 14.3 Å². The lowest BCUT2D eigenvalue weighted by atomic mass is 9.96. The maximum atomic E-state index is 13.4. The highest BCUT2D eigenvalue weighted by Gasteiger charge is 2.28. The van der Waals surface area contributed by atoms with Gasteiger partial charge in [0, 0.05) is 42.4 Å². The van der Waals surface area contributed by atoms with Crippen molar-refractivity contribution in [3.05, 3.63) is 40.0 Å². The minimum Gasteiger partial charge on any atom is -0.469 e. The average Bonchev–Trinajstić information content (AvgIpc) is 2.87. The van der Waals surface area contributed by atoms with E-state index in [1.54, 1.807) is 6.07 Å². The zero-order valence-corrected chi connectivity index (χ0v) is 21.9. The molecule has 188 valence electrons. The molecule has 1 unspecified atom stereocenters. The summed E-state index contributed by atoms with van der Waals surface area (Å²) in [4.78, 5) is 38.8. The highest BCUT2D eigenvalue weighted by atomic mass is 79.9. The van der Waals surface area contributed by atoms with E-state index in [0.717, 1.165) is 61.2 Å². The number of ether oxygens (including phenoxy) is 1. The zero-order chi connectivity index (χ0) is 24.9. The predicted molar refractivity (Wildman–Crippen MR) is 140 cm³/mol. The molecule has 1 atom stereocenters. The Morgan fingerprint density at radius 3 is 2.63 bits per heavy atom. The van der Waals surface area contributed by atoms with Crippen LogP contribution in [0.4, 0.5) is 17.5 Å². The quantitative estimate of drug-likeness (QED) is 0.532. The van der Waals surface area contributed by atoms with Gasteiger partial charge in [-0.05, 0) is 63.3 Å². The molecule has 2 aliphatic rings. The van der Waals surface area contributed by atoms with E-state index in [0.29, 0.717) is 36.3 Å². The highest BCUT2D eigenvalue weighted by Crippen LogP contribution is 2.30. The largest absolute Gasteiger partial charge is 0.469 e. The maximum absolute atomic E-state index is 13.4. The summed E-state index contributed by atoms with van der Waals surface area (Å²) in [5, 5.41) is 2.97. The molecule has 1 amide bonds. The molecule has 0 saturated carbocycles. The number of halogens is 1. The predicted octanol–water partition coefficient (Wildman–Crippen LogP) is 3.36. The SMILES string of the molecule is COC(=O)C1CCCN(c2nc(C)cc(NC(=O)c3ccc(Br)cc3N3CCC(CN)CC3)n2)C1. The van der Waals surface area contributed by atoms with Gasteiger partial charge in [0.1, 0.15) is 5.82 Å². The molecule has 9 nitrogen and oxygen atoms in total. The number of nitrogens with two attached hydrogens (primary N) is 1. The Bertz CT molecular complexity index is 1070. The molecule has 1 aromatic heterocycles. The number of benzene rings is 1. The second-order valence-corrected chi connectivity index (χ2v) is 10.2. The number of carbonyl (C=O) groups is 2. The normalized spacial score (nSPS) is 18.9. The first-order chi connectivity index (χ1) is 16.9. The topological polar surface area (TPSA) is 114 Å². The number of hydrogen-bond donors (Lipinski definition) is 2. The van der Waals surface area contributed by atoms with E-state index in [1.165, 1.54) is 7.11 Å². The van der Waals surface area contributed by atoms with Gasteiger partial charge in [0.25, 0.3) is 5.91 Å². The van der Waals surface area contributed by atoms with E-state index in [2.05, 4.69) is 36.1 Å². The lowest BCUT2D eigenvalue weighted by molar-refractivity contribution is -0.145.